The first-order valence-electron chi connectivity index (χ1n) is 5.26. The van der Waals surface area contributed by atoms with Gasteiger partial charge in [-0.1, -0.05) is 6.92 Å². The monoisotopic (exact) mass is 235 g/mol. The van der Waals surface area contributed by atoms with Gasteiger partial charge in [0.1, 0.15) is 5.66 Å². The molecule has 0 aromatic heterocycles. The third-order valence-corrected chi connectivity index (χ3v) is 4.50. The zero-order chi connectivity index (χ0) is 11.5. The van der Waals surface area contributed by atoms with Crippen molar-refractivity contribution in [3.63, 3.8) is 0 Å². The Balaban J connectivity index is 2.66. The minimum atomic E-state index is -3.81. The van der Waals surface area contributed by atoms with Crippen molar-refractivity contribution in [2.75, 3.05) is 6.54 Å². The van der Waals surface area contributed by atoms with Crippen molar-refractivity contribution in [3.8, 4) is 0 Å². The van der Waals surface area contributed by atoms with Gasteiger partial charge in [0.05, 0.1) is 6.10 Å². The lowest BCUT2D eigenvalue weighted by Gasteiger charge is -2.27. The van der Waals surface area contributed by atoms with Crippen molar-refractivity contribution in [2.45, 2.75) is 44.9 Å². The van der Waals surface area contributed by atoms with E-state index in [1.165, 1.54) is 0 Å². The Morgan fingerprint density at radius 2 is 2.40 bits per heavy atom. The molecule has 1 rings (SSSR count). The summed E-state index contributed by atoms with van der Waals surface area (Å²) < 4.78 is 16.9. The van der Waals surface area contributed by atoms with Crippen LogP contribution in [0.25, 0.3) is 0 Å². The van der Waals surface area contributed by atoms with E-state index in [-0.39, 0.29) is 12.0 Å². The molecule has 0 radical (unpaired) electrons. The summed E-state index contributed by atoms with van der Waals surface area (Å²) in [6.45, 7) is 4.17. The van der Waals surface area contributed by atoms with Crippen LogP contribution in [0.1, 0.15) is 33.1 Å². The topological polar surface area (TPSA) is 75.6 Å². The predicted octanol–water partition coefficient (Wildman–Crippen LogP) is 1.27. The van der Waals surface area contributed by atoms with Gasteiger partial charge in [0.25, 0.3) is 0 Å². The Morgan fingerprint density at radius 3 is 2.93 bits per heavy atom. The van der Waals surface area contributed by atoms with Gasteiger partial charge in [-0.05, 0) is 26.2 Å². The molecule has 3 unspecified atom stereocenters. The number of rotatable bonds is 4. The molecule has 0 aliphatic carbocycles. The van der Waals surface area contributed by atoms with Crippen LogP contribution in [0.3, 0.4) is 0 Å². The van der Waals surface area contributed by atoms with E-state index in [0.29, 0.717) is 19.4 Å². The van der Waals surface area contributed by atoms with Gasteiger partial charge >= 0.3 is 7.60 Å². The lowest BCUT2D eigenvalue weighted by Crippen LogP contribution is -2.40. The molecule has 2 N–H and O–H groups in total. The first-order valence-corrected chi connectivity index (χ1v) is 6.90. The van der Waals surface area contributed by atoms with Gasteiger partial charge in [0.2, 0.25) is 5.91 Å². The molecule has 1 fully saturated rings. The molecule has 15 heavy (non-hydrogen) atoms. The van der Waals surface area contributed by atoms with Crippen LogP contribution in [0.2, 0.25) is 0 Å². The van der Waals surface area contributed by atoms with E-state index in [0.717, 1.165) is 6.42 Å². The molecule has 0 saturated carbocycles. The fraction of sp³-hybridized carbons (Fsp3) is 0.889. The van der Waals surface area contributed by atoms with Gasteiger partial charge in [-0.2, -0.15) is 0 Å². The SMILES string of the molecule is CCC(C)OP(=O)(O)C1CCCNC1=O. The Morgan fingerprint density at radius 1 is 1.73 bits per heavy atom. The van der Waals surface area contributed by atoms with Gasteiger partial charge in [0, 0.05) is 6.54 Å². The summed E-state index contributed by atoms with van der Waals surface area (Å²) in [6.07, 6.45) is 1.51. The normalized spacial score (nSPS) is 27.9. The zero-order valence-corrected chi connectivity index (χ0v) is 10.00. The molecule has 1 saturated heterocycles. The predicted molar refractivity (Wildman–Crippen MR) is 56.7 cm³/mol. The number of nitrogens with one attached hydrogen (secondary N) is 1. The minimum absolute atomic E-state index is 0.296. The molecule has 3 atom stereocenters. The van der Waals surface area contributed by atoms with Crippen LogP contribution >= 0.6 is 7.60 Å². The summed E-state index contributed by atoms with van der Waals surface area (Å²) in [7, 11) is -3.81. The van der Waals surface area contributed by atoms with Crippen LogP contribution in [0.15, 0.2) is 0 Å². The molecule has 1 amide bonds. The molecule has 0 aromatic rings. The van der Waals surface area contributed by atoms with E-state index < -0.39 is 13.3 Å². The minimum Gasteiger partial charge on any atom is -0.355 e. The van der Waals surface area contributed by atoms with Crippen molar-refractivity contribution >= 4 is 13.5 Å². The van der Waals surface area contributed by atoms with Crippen molar-refractivity contribution < 1.29 is 18.8 Å². The Hall–Kier alpha value is -0.380. The number of carbonyl (C=O) groups is 1. The zero-order valence-electron chi connectivity index (χ0n) is 9.10. The summed E-state index contributed by atoms with van der Waals surface area (Å²) in [5.74, 6) is -0.365. The van der Waals surface area contributed by atoms with Crippen LogP contribution in [0.4, 0.5) is 0 Å². The highest BCUT2D eigenvalue weighted by molar-refractivity contribution is 7.54. The summed E-state index contributed by atoms with van der Waals surface area (Å²) in [4.78, 5) is 21.1. The fourth-order valence-corrected chi connectivity index (χ4v) is 3.18. The molecule has 5 nitrogen and oxygen atoms in total. The smallest absolute Gasteiger partial charge is 0.340 e. The third-order valence-electron chi connectivity index (χ3n) is 2.56. The van der Waals surface area contributed by atoms with Crippen LogP contribution in [0.5, 0.6) is 0 Å². The number of carbonyl (C=O) groups excluding carboxylic acids is 1. The Labute approximate surface area is 89.7 Å². The van der Waals surface area contributed by atoms with Crippen molar-refractivity contribution in [3.05, 3.63) is 0 Å². The largest absolute Gasteiger partial charge is 0.355 e. The molecule has 1 heterocycles. The molecule has 88 valence electrons. The standard InChI is InChI=1S/C9H18NO4P/c1-3-7(2)14-15(12,13)8-5-4-6-10-9(8)11/h7-8H,3-6H2,1-2H3,(H,10,11)(H,12,13). The summed E-state index contributed by atoms with van der Waals surface area (Å²) >= 11 is 0. The molecule has 0 bridgehead atoms. The van der Waals surface area contributed by atoms with E-state index in [2.05, 4.69) is 5.32 Å². The van der Waals surface area contributed by atoms with E-state index in [1.54, 1.807) is 6.92 Å². The van der Waals surface area contributed by atoms with Crippen molar-refractivity contribution in [2.24, 2.45) is 0 Å². The van der Waals surface area contributed by atoms with Crippen LogP contribution in [-0.4, -0.2) is 29.1 Å². The van der Waals surface area contributed by atoms with E-state index >= 15 is 0 Å². The second kappa shape index (κ2) is 5.10. The molecular weight excluding hydrogens is 217 g/mol. The average molecular weight is 235 g/mol. The summed E-state index contributed by atoms with van der Waals surface area (Å²) in [5, 5.41) is 2.58. The maximum atomic E-state index is 11.8. The van der Waals surface area contributed by atoms with Gasteiger partial charge < -0.3 is 14.7 Å². The first-order chi connectivity index (χ1) is 6.97. The molecule has 6 heteroatoms. The number of hydrogen-bond donors (Lipinski definition) is 2. The van der Waals surface area contributed by atoms with E-state index in [9.17, 15) is 14.3 Å². The van der Waals surface area contributed by atoms with Crippen LogP contribution in [-0.2, 0) is 13.9 Å². The lowest BCUT2D eigenvalue weighted by molar-refractivity contribution is -0.122. The number of hydrogen-bond acceptors (Lipinski definition) is 3. The van der Waals surface area contributed by atoms with Crippen LogP contribution < -0.4 is 5.32 Å². The van der Waals surface area contributed by atoms with Gasteiger partial charge in [0.15, 0.2) is 0 Å². The Kier molecular flexibility index (Phi) is 4.32. The average Bonchev–Trinajstić information content (AvgIpc) is 2.17. The molecule has 0 spiro atoms. The van der Waals surface area contributed by atoms with Crippen molar-refractivity contribution in [1.29, 1.82) is 0 Å². The third kappa shape index (κ3) is 3.30. The second-order valence-corrected chi connectivity index (χ2v) is 5.80. The number of piperidine rings is 1. The molecule has 1 aliphatic rings. The molecule has 0 aromatic carbocycles. The van der Waals surface area contributed by atoms with E-state index in [4.69, 9.17) is 4.52 Å². The molecular formula is C9H18NO4P. The summed E-state index contributed by atoms with van der Waals surface area (Å²) in [6, 6.07) is 0. The lowest BCUT2D eigenvalue weighted by atomic mass is 10.1. The quantitative estimate of drug-likeness (QED) is 0.719. The number of amides is 1. The van der Waals surface area contributed by atoms with Gasteiger partial charge in [-0.3, -0.25) is 9.36 Å². The fourth-order valence-electron chi connectivity index (χ4n) is 1.47. The van der Waals surface area contributed by atoms with Gasteiger partial charge in [-0.25, -0.2) is 0 Å². The highest BCUT2D eigenvalue weighted by Gasteiger charge is 2.40. The van der Waals surface area contributed by atoms with E-state index in [1.807, 2.05) is 6.92 Å². The molecule has 1 aliphatic heterocycles. The Bertz CT molecular complexity index is 281. The first kappa shape index (κ1) is 12.7. The second-order valence-electron chi connectivity index (χ2n) is 3.84. The van der Waals surface area contributed by atoms with Crippen LogP contribution in [0, 0.1) is 0 Å². The highest BCUT2D eigenvalue weighted by atomic mass is 31.2. The maximum Gasteiger partial charge on any atom is 0.340 e. The van der Waals surface area contributed by atoms with Crippen molar-refractivity contribution in [1.82, 2.24) is 5.32 Å². The maximum absolute atomic E-state index is 11.8. The van der Waals surface area contributed by atoms with Gasteiger partial charge in [-0.15, -0.1) is 0 Å². The summed E-state index contributed by atoms with van der Waals surface area (Å²) in [5.41, 5.74) is -0.889. The highest BCUT2D eigenvalue weighted by Crippen LogP contribution is 2.51.